The Morgan fingerprint density at radius 2 is 2.00 bits per heavy atom. The molecule has 4 nitrogen and oxygen atoms in total. The second kappa shape index (κ2) is 7.02. The lowest BCUT2D eigenvalue weighted by molar-refractivity contribution is 0.0167. The van der Waals surface area contributed by atoms with E-state index in [4.69, 9.17) is 4.42 Å². The summed E-state index contributed by atoms with van der Waals surface area (Å²) in [6.45, 7) is 1.60. The van der Waals surface area contributed by atoms with E-state index in [-0.39, 0.29) is 46.4 Å². The number of carbonyl (C=O) groups is 1. The van der Waals surface area contributed by atoms with Crippen LogP contribution in [-0.2, 0) is 6.42 Å². The molecular weight excluding hydrogens is 424 g/mol. The Balaban J connectivity index is 1.75. The first kappa shape index (κ1) is 20.4. The lowest BCUT2D eigenvalue weighted by Gasteiger charge is -2.30. The molecule has 5 rings (SSSR count). The number of nitrogens with zero attached hydrogens (tertiary/aromatic N) is 2. The summed E-state index contributed by atoms with van der Waals surface area (Å²) in [4.78, 5) is 16.6. The fraction of sp³-hybridized carbons (Fsp3) is 0.292. The largest absolute Gasteiger partial charge is 0.441 e. The van der Waals surface area contributed by atoms with E-state index in [9.17, 15) is 27.6 Å². The Kier molecular flexibility index (Phi) is 4.48. The minimum atomic E-state index is -3.59. The van der Waals surface area contributed by atoms with Gasteiger partial charge in [0.15, 0.2) is 11.7 Å². The van der Waals surface area contributed by atoms with Crippen LogP contribution in [0, 0.1) is 24.1 Å². The number of alkyl halides is 3. The second-order valence-corrected chi connectivity index (χ2v) is 8.18. The van der Waals surface area contributed by atoms with Gasteiger partial charge in [0.25, 0.3) is 0 Å². The van der Waals surface area contributed by atoms with Gasteiger partial charge in [-0.3, -0.25) is 4.79 Å². The average molecular weight is 440 g/mol. The van der Waals surface area contributed by atoms with Gasteiger partial charge in [-0.2, -0.15) is 14.0 Å². The molecule has 0 radical (unpaired) electrons. The highest BCUT2D eigenvalue weighted by molar-refractivity contribution is 6.10. The third-order valence-corrected chi connectivity index (χ3v) is 6.26. The van der Waals surface area contributed by atoms with Crippen molar-refractivity contribution < 1.29 is 26.8 Å². The lowest BCUT2D eigenvalue weighted by atomic mass is 9.74. The molecule has 0 saturated heterocycles. The first-order valence-corrected chi connectivity index (χ1v) is 10.1. The first-order chi connectivity index (χ1) is 15.2. The molecule has 1 aromatic heterocycles. The van der Waals surface area contributed by atoms with Crippen LogP contribution in [0.4, 0.5) is 17.6 Å². The number of aromatic nitrogens is 1. The van der Waals surface area contributed by atoms with Gasteiger partial charge in [-0.05, 0) is 47.2 Å². The molecule has 162 valence electrons. The maximum Gasteiger partial charge on any atom is 0.313 e. The van der Waals surface area contributed by atoms with Crippen molar-refractivity contribution in [2.45, 2.75) is 44.2 Å². The van der Waals surface area contributed by atoms with Crippen molar-refractivity contribution in [2.75, 3.05) is 0 Å². The van der Waals surface area contributed by atoms with E-state index in [1.807, 2.05) is 6.07 Å². The molecule has 0 aliphatic heterocycles. The van der Waals surface area contributed by atoms with Crippen molar-refractivity contribution in [2.24, 2.45) is 0 Å². The van der Waals surface area contributed by atoms with Crippen molar-refractivity contribution in [3.05, 3.63) is 75.6 Å². The number of benzene rings is 2. The summed E-state index contributed by atoms with van der Waals surface area (Å²) in [5.74, 6) is -5.73. The van der Waals surface area contributed by atoms with E-state index < -0.39 is 36.0 Å². The van der Waals surface area contributed by atoms with E-state index in [2.05, 4.69) is 4.98 Å². The predicted octanol–water partition coefficient (Wildman–Crippen LogP) is 5.97. The smallest absolute Gasteiger partial charge is 0.313 e. The van der Waals surface area contributed by atoms with Gasteiger partial charge in [-0.15, -0.1) is 0 Å². The van der Waals surface area contributed by atoms with Gasteiger partial charge in [0.05, 0.1) is 17.8 Å². The van der Waals surface area contributed by atoms with Gasteiger partial charge < -0.3 is 4.42 Å². The Labute approximate surface area is 180 Å². The van der Waals surface area contributed by atoms with Crippen LogP contribution in [0.3, 0.4) is 0 Å². The third kappa shape index (κ3) is 2.95. The molecular formula is C24H16F4N2O2. The highest BCUT2D eigenvalue weighted by Crippen LogP contribution is 2.49. The van der Waals surface area contributed by atoms with Crippen LogP contribution in [0.15, 0.2) is 34.9 Å². The molecule has 2 atom stereocenters. The van der Waals surface area contributed by atoms with Crippen LogP contribution in [0.25, 0.3) is 11.3 Å². The Hall–Kier alpha value is -3.47. The molecule has 8 heteroatoms. The van der Waals surface area contributed by atoms with Gasteiger partial charge in [0.2, 0.25) is 5.78 Å². The molecule has 2 aromatic carbocycles. The van der Waals surface area contributed by atoms with Crippen LogP contribution in [0.5, 0.6) is 0 Å². The minimum Gasteiger partial charge on any atom is -0.441 e. The molecule has 32 heavy (non-hydrogen) atoms. The zero-order valence-corrected chi connectivity index (χ0v) is 16.9. The summed E-state index contributed by atoms with van der Waals surface area (Å²) in [6, 6.07) is 7.11. The van der Waals surface area contributed by atoms with Gasteiger partial charge in [0, 0.05) is 30.4 Å². The van der Waals surface area contributed by atoms with Crippen molar-refractivity contribution in [1.29, 1.82) is 5.26 Å². The first-order valence-electron chi connectivity index (χ1n) is 10.1. The summed E-state index contributed by atoms with van der Waals surface area (Å²) in [7, 11) is 0. The summed E-state index contributed by atoms with van der Waals surface area (Å²) in [6.07, 6.45) is -0.605. The van der Waals surface area contributed by atoms with E-state index in [0.717, 1.165) is 12.1 Å². The highest BCUT2D eigenvalue weighted by Gasteiger charge is 2.50. The Morgan fingerprint density at radius 1 is 1.22 bits per heavy atom. The highest BCUT2D eigenvalue weighted by atomic mass is 19.3. The fourth-order valence-corrected chi connectivity index (χ4v) is 4.92. The molecule has 0 unspecified atom stereocenters. The van der Waals surface area contributed by atoms with Crippen molar-refractivity contribution in [3.63, 3.8) is 0 Å². The Morgan fingerprint density at radius 3 is 2.69 bits per heavy atom. The molecule has 0 fully saturated rings. The van der Waals surface area contributed by atoms with E-state index in [1.54, 1.807) is 13.0 Å². The number of nitriles is 1. The number of hydrogen-bond acceptors (Lipinski definition) is 4. The molecule has 0 spiro atoms. The minimum absolute atomic E-state index is 0.0351. The number of aryl methyl sites for hydroxylation is 1. The van der Waals surface area contributed by atoms with Gasteiger partial charge >= 0.3 is 5.92 Å². The lowest BCUT2D eigenvalue weighted by Crippen LogP contribution is -2.24. The van der Waals surface area contributed by atoms with Crippen LogP contribution >= 0.6 is 0 Å². The van der Waals surface area contributed by atoms with Gasteiger partial charge in [-0.1, -0.05) is 12.1 Å². The molecule has 1 heterocycles. The Bertz CT molecular complexity index is 1320. The number of ketones is 1. The quantitative estimate of drug-likeness (QED) is 0.461. The SMILES string of the molecule is Cc1ncc(-c2ccc([C@H]3CC[C@H](F)c4cc(F)cc(C#N)c43)c3c2C(=O)C(F)(F)C3)o1. The van der Waals surface area contributed by atoms with Crippen LogP contribution < -0.4 is 0 Å². The second-order valence-electron chi connectivity index (χ2n) is 8.18. The summed E-state index contributed by atoms with van der Waals surface area (Å²) < 4.78 is 63.2. The zero-order chi connectivity index (χ0) is 22.8. The number of carbonyl (C=O) groups excluding carboxylic acids is 1. The van der Waals surface area contributed by atoms with E-state index >= 15 is 0 Å². The van der Waals surface area contributed by atoms with E-state index in [1.165, 1.54) is 12.3 Å². The number of halogens is 4. The van der Waals surface area contributed by atoms with Crippen molar-refractivity contribution >= 4 is 5.78 Å². The number of hydrogen-bond donors (Lipinski definition) is 0. The molecule has 0 N–H and O–H groups in total. The number of oxazole rings is 1. The summed E-state index contributed by atoms with van der Waals surface area (Å²) in [5.41, 5.74) is 0.944. The zero-order valence-electron chi connectivity index (χ0n) is 16.9. The van der Waals surface area contributed by atoms with Gasteiger partial charge in [-0.25, -0.2) is 13.8 Å². The number of Topliss-reactive ketones (excluding diaryl/α,β-unsaturated/α-hetero) is 1. The topological polar surface area (TPSA) is 66.9 Å². The molecule has 0 saturated carbocycles. The molecule has 0 bridgehead atoms. The summed E-state index contributed by atoms with van der Waals surface area (Å²) in [5, 5.41) is 9.55. The summed E-state index contributed by atoms with van der Waals surface area (Å²) >= 11 is 0. The van der Waals surface area contributed by atoms with Crippen LogP contribution in [0.1, 0.15) is 69.0 Å². The van der Waals surface area contributed by atoms with Crippen LogP contribution in [0.2, 0.25) is 0 Å². The van der Waals surface area contributed by atoms with E-state index in [0.29, 0.717) is 17.0 Å². The van der Waals surface area contributed by atoms with Crippen molar-refractivity contribution in [1.82, 2.24) is 4.98 Å². The van der Waals surface area contributed by atoms with Crippen LogP contribution in [-0.4, -0.2) is 16.7 Å². The maximum atomic E-state index is 14.6. The molecule has 2 aliphatic rings. The normalized spacial score (nSPS) is 21.2. The number of rotatable bonds is 2. The number of fused-ring (bicyclic) bond motifs is 2. The molecule has 3 aromatic rings. The van der Waals surface area contributed by atoms with Crippen molar-refractivity contribution in [3.8, 4) is 17.4 Å². The monoisotopic (exact) mass is 440 g/mol. The standard InChI is InChI=1S/C24H16F4N2O2/c1-11-30-10-20(32-11)16-3-2-14(18-8-24(27,28)23(31)22(16)18)15-4-5-19(26)17-7-13(25)6-12(9-29)21(15)17/h2-3,6-7,10,15,19H,4-5,8H2,1H3/t15-,19+/m1/s1. The molecule has 0 amide bonds. The van der Waals surface area contributed by atoms with Gasteiger partial charge in [0.1, 0.15) is 12.0 Å². The third-order valence-electron chi connectivity index (χ3n) is 6.26. The predicted molar refractivity (Wildman–Crippen MR) is 106 cm³/mol. The fourth-order valence-electron chi connectivity index (χ4n) is 4.92. The molecule has 2 aliphatic carbocycles. The average Bonchev–Trinajstić information content (AvgIpc) is 3.28. The maximum absolute atomic E-state index is 14.6.